The minimum Gasteiger partial charge on any atom is -0.462 e. The Hall–Kier alpha value is -3.24. The molecular weight excluding hydrogens is 1230 g/mol. The molecule has 0 radical (unpaired) electrons. The summed E-state index contributed by atoms with van der Waals surface area (Å²) in [5.74, 6) is -2.18. The Bertz CT molecular complexity index is 2030. The second kappa shape index (κ2) is 68.3. The summed E-state index contributed by atoms with van der Waals surface area (Å²) >= 11 is 0. The molecule has 0 saturated heterocycles. The summed E-state index contributed by atoms with van der Waals surface area (Å²) in [5, 5.41) is 10.6. The molecule has 94 heavy (non-hydrogen) atoms. The van der Waals surface area contributed by atoms with Gasteiger partial charge in [-0.1, -0.05) is 262 Å². The van der Waals surface area contributed by atoms with Crippen molar-refractivity contribution in [3.63, 3.8) is 0 Å². The topological polar surface area (TPSA) is 237 Å². The van der Waals surface area contributed by atoms with Crippen LogP contribution in [0.25, 0.3) is 0 Å². The molecule has 0 fully saturated rings. The van der Waals surface area contributed by atoms with Crippen LogP contribution in [0.1, 0.15) is 336 Å². The molecule has 0 aromatic carbocycles. The summed E-state index contributed by atoms with van der Waals surface area (Å²) in [4.78, 5) is 72.7. The van der Waals surface area contributed by atoms with Gasteiger partial charge in [0.15, 0.2) is 12.2 Å². The number of hydrogen-bond acceptors (Lipinski definition) is 15. The summed E-state index contributed by atoms with van der Waals surface area (Å²) < 4.78 is 68.4. The highest BCUT2D eigenvalue weighted by Gasteiger charge is 2.30. The monoisotopic (exact) mass is 1370 g/mol. The molecule has 0 amide bonds. The molecule has 548 valence electrons. The van der Waals surface area contributed by atoms with Crippen LogP contribution < -0.4 is 0 Å². The van der Waals surface area contributed by atoms with Crippen molar-refractivity contribution in [2.45, 2.75) is 354 Å². The second-order valence-corrected chi connectivity index (χ2v) is 28.1. The van der Waals surface area contributed by atoms with Gasteiger partial charge in [0.05, 0.1) is 26.4 Å². The van der Waals surface area contributed by atoms with E-state index in [0.29, 0.717) is 25.7 Å². The number of aliphatic hydroxyl groups excluding tert-OH is 1. The van der Waals surface area contributed by atoms with Gasteiger partial charge in [-0.05, 0) is 109 Å². The molecule has 0 bridgehead atoms. The first-order chi connectivity index (χ1) is 45.7. The highest BCUT2D eigenvalue weighted by atomic mass is 31.2. The van der Waals surface area contributed by atoms with E-state index in [1.165, 1.54) is 89.9 Å². The molecule has 0 rings (SSSR count). The van der Waals surface area contributed by atoms with Gasteiger partial charge in [0.25, 0.3) is 0 Å². The molecule has 0 spiro atoms. The van der Waals surface area contributed by atoms with E-state index in [-0.39, 0.29) is 25.7 Å². The van der Waals surface area contributed by atoms with Crippen molar-refractivity contribution >= 4 is 39.5 Å². The largest absolute Gasteiger partial charge is 0.472 e. The quantitative estimate of drug-likeness (QED) is 0.0169. The zero-order valence-corrected chi connectivity index (χ0v) is 61.4. The highest BCUT2D eigenvalue weighted by Crippen LogP contribution is 2.45. The Labute approximate surface area is 571 Å². The second-order valence-electron chi connectivity index (χ2n) is 25.2. The normalized spacial score (nSPS) is 14.3. The first-order valence-electron chi connectivity index (χ1n) is 37.5. The fraction of sp³-hybridized carbons (Fsp3) is 0.813. The van der Waals surface area contributed by atoms with E-state index >= 15 is 0 Å². The Balaban J connectivity index is 5.30. The first kappa shape index (κ1) is 90.8. The molecule has 0 aliphatic carbocycles. The van der Waals surface area contributed by atoms with Gasteiger partial charge in [-0.25, -0.2) is 9.13 Å². The molecule has 0 aromatic rings. The molecule has 19 heteroatoms. The molecule has 0 aliphatic heterocycles. The number of allylic oxidation sites excluding steroid dienone is 10. The van der Waals surface area contributed by atoms with Crippen molar-refractivity contribution in [2.24, 2.45) is 0 Å². The minimum atomic E-state index is -4.97. The van der Waals surface area contributed by atoms with E-state index in [4.69, 9.17) is 37.0 Å². The molecule has 0 aromatic heterocycles. The van der Waals surface area contributed by atoms with E-state index in [1.54, 1.807) is 0 Å². The number of phosphoric ester groups is 2. The molecule has 0 aliphatic rings. The average molecular weight is 1370 g/mol. The van der Waals surface area contributed by atoms with Crippen LogP contribution in [-0.2, 0) is 65.4 Å². The number of rotatable bonds is 71. The smallest absolute Gasteiger partial charge is 0.462 e. The molecule has 5 atom stereocenters. The van der Waals surface area contributed by atoms with Crippen LogP contribution in [0.4, 0.5) is 0 Å². The zero-order chi connectivity index (χ0) is 69.0. The van der Waals surface area contributed by atoms with Crippen LogP contribution in [0.2, 0.25) is 0 Å². The van der Waals surface area contributed by atoms with Crippen LogP contribution in [0.3, 0.4) is 0 Å². The molecule has 0 saturated carbocycles. The molecule has 17 nitrogen and oxygen atoms in total. The lowest BCUT2D eigenvalue weighted by Crippen LogP contribution is -2.30. The van der Waals surface area contributed by atoms with Crippen molar-refractivity contribution in [1.82, 2.24) is 0 Å². The third kappa shape index (κ3) is 67.3. The maximum Gasteiger partial charge on any atom is 0.472 e. The predicted octanol–water partition coefficient (Wildman–Crippen LogP) is 21.1. The van der Waals surface area contributed by atoms with Gasteiger partial charge in [0, 0.05) is 25.7 Å². The number of phosphoric acid groups is 2. The number of unbranched alkanes of at least 4 members (excludes halogenated alkanes) is 35. The number of carbonyl (C=O) groups excluding carboxylic acids is 4. The summed E-state index contributed by atoms with van der Waals surface area (Å²) in [6, 6.07) is 0. The van der Waals surface area contributed by atoms with Gasteiger partial charge in [-0.15, -0.1) is 0 Å². The van der Waals surface area contributed by atoms with Crippen LogP contribution in [-0.4, -0.2) is 96.7 Å². The molecule has 3 N–H and O–H groups in total. The third-order valence-electron chi connectivity index (χ3n) is 16.0. The third-order valence-corrected chi connectivity index (χ3v) is 17.9. The SMILES string of the molecule is CC/C=C\C/C=C\C/C=C\CCCCCCCCCC(=O)OCC(COP(=O)(O)OCC(O)COP(=O)(O)OCC(COC(=O)CCCCCCC/C=C\CCCCCC)OC(=O)CCCCCCCCCCCCC)OC(=O)CCCCCCC/C=C\CCCCCC. The summed E-state index contributed by atoms with van der Waals surface area (Å²) in [5.41, 5.74) is 0. The van der Waals surface area contributed by atoms with E-state index < -0.39 is 97.5 Å². The van der Waals surface area contributed by atoms with Gasteiger partial charge in [0.2, 0.25) is 0 Å². The lowest BCUT2D eigenvalue weighted by atomic mass is 10.1. The van der Waals surface area contributed by atoms with Crippen molar-refractivity contribution in [3.05, 3.63) is 60.8 Å². The number of ether oxygens (including phenoxy) is 4. The highest BCUT2D eigenvalue weighted by molar-refractivity contribution is 7.47. The fourth-order valence-electron chi connectivity index (χ4n) is 10.2. The van der Waals surface area contributed by atoms with Crippen LogP contribution in [0, 0.1) is 0 Å². The lowest BCUT2D eigenvalue weighted by molar-refractivity contribution is -0.161. The Kier molecular flexibility index (Phi) is 65.9. The standard InChI is InChI=1S/C75H136O17P2/c1-5-9-13-17-21-25-29-32-33-34-35-38-41-44-48-52-56-60-73(78)86-66-71(92-75(80)62-58-54-50-46-42-37-31-27-23-19-15-11-7-3)68-90-94(83,84)88-64-69(76)63-87-93(81,82)89-67-70(91-74(79)61-57-53-49-45-39-28-24-20-16-12-8-4)65-85-72(77)59-55-51-47-43-40-36-30-26-22-18-14-10-6-2/h9,13,21,25-27,30-33,69-71,76H,5-8,10-12,14-20,22-24,28-29,34-68H2,1-4H3,(H,81,82)(H,83,84)/b13-9-,25-21-,30-26-,31-27-,33-32-. The Morgan fingerprint density at radius 3 is 0.872 bits per heavy atom. The van der Waals surface area contributed by atoms with Crippen molar-refractivity contribution in [1.29, 1.82) is 0 Å². The van der Waals surface area contributed by atoms with Crippen LogP contribution >= 0.6 is 15.6 Å². The van der Waals surface area contributed by atoms with E-state index in [9.17, 15) is 43.2 Å². The van der Waals surface area contributed by atoms with Gasteiger partial charge in [0.1, 0.15) is 19.3 Å². The number of hydrogen-bond donors (Lipinski definition) is 3. The van der Waals surface area contributed by atoms with Crippen LogP contribution in [0.5, 0.6) is 0 Å². The van der Waals surface area contributed by atoms with Gasteiger partial charge in [-0.3, -0.25) is 37.3 Å². The predicted molar refractivity (Wildman–Crippen MR) is 381 cm³/mol. The van der Waals surface area contributed by atoms with Gasteiger partial charge >= 0.3 is 39.5 Å². The van der Waals surface area contributed by atoms with Crippen molar-refractivity contribution in [2.75, 3.05) is 39.6 Å². The first-order valence-corrected chi connectivity index (χ1v) is 40.5. The average Bonchev–Trinajstić information content (AvgIpc) is 2.15. The molecule has 5 unspecified atom stereocenters. The van der Waals surface area contributed by atoms with Gasteiger partial charge in [-0.2, -0.15) is 0 Å². The lowest BCUT2D eigenvalue weighted by Gasteiger charge is -2.21. The summed E-state index contributed by atoms with van der Waals surface area (Å²) in [6.45, 7) is 4.74. The summed E-state index contributed by atoms with van der Waals surface area (Å²) in [6.07, 6.45) is 65.0. The number of esters is 4. The Morgan fingerprint density at radius 1 is 0.309 bits per heavy atom. The van der Waals surface area contributed by atoms with E-state index in [1.807, 2.05) is 0 Å². The molecule has 0 heterocycles. The van der Waals surface area contributed by atoms with E-state index in [0.717, 1.165) is 167 Å². The fourth-order valence-corrected chi connectivity index (χ4v) is 11.8. The zero-order valence-electron chi connectivity index (χ0n) is 59.6. The summed E-state index contributed by atoms with van der Waals surface area (Å²) in [7, 11) is -9.93. The van der Waals surface area contributed by atoms with Crippen molar-refractivity contribution in [3.8, 4) is 0 Å². The van der Waals surface area contributed by atoms with Crippen LogP contribution in [0.15, 0.2) is 60.8 Å². The number of aliphatic hydroxyl groups is 1. The minimum absolute atomic E-state index is 0.0860. The number of carbonyl (C=O) groups is 4. The maximum atomic E-state index is 13.1. The maximum absolute atomic E-state index is 13.1. The van der Waals surface area contributed by atoms with Crippen molar-refractivity contribution < 1.29 is 80.2 Å². The Morgan fingerprint density at radius 2 is 0.553 bits per heavy atom. The van der Waals surface area contributed by atoms with Gasteiger partial charge < -0.3 is 33.8 Å². The molecular formula is C75H136O17P2. The van der Waals surface area contributed by atoms with E-state index in [2.05, 4.69) is 88.5 Å².